The number of esters is 1. The highest BCUT2D eigenvalue weighted by Gasteiger charge is 2.18. The third-order valence-corrected chi connectivity index (χ3v) is 3.95. The summed E-state index contributed by atoms with van der Waals surface area (Å²) in [7, 11) is 1.39. The molecule has 2 aromatic rings. The topological polar surface area (TPSA) is 136 Å². The highest BCUT2D eigenvalue weighted by Crippen LogP contribution is 2.29. The third kappa shape index (κ3) is 4.96. The number of imidazole rings is 1. The lowest BCUT2D eigenvalue weighted by atomic mass is 10.2. The summed E-state index contributed by atoms with van der Waals surface area (Å²) < 4.78 is 9.77. The summed E-state index contributed by atoms with van der Waals surface area (Å²) in [5, 5.41) is 13.9. The third-order valence-electron chi connectivity index (χ3n) is 3.06. The number of carbonyl (C=O) groups excluding carboxylic acids is 2. The highest BCUT2D eigenvalue weighted by atomic mass is 32.2. The lowest BCUT2D eigenvalue weighted by Crippen LogP contribution is -2.15. The Labute approximate surface area is 152 Å². The van der Waals surface area contributed by atoms with Gasteiger partial charge in [0.15, 0.2) is 5.16 Å². The van der Waals surface area contributed by atoms with E-state index in [4.69, 9.17) is 9.47 Å². The van der Waals surface area contributed by atoms with Crippen LogP contribution in [0.4, 0.5) is 11.4 Å². The van der Waals surface area contributed by atoms with E-state index in [1.54, 1.807) is 6.92 Å². The molecule has 0 radical (unpaired) electrons. The highest BCUT2D eigenvalue weighted by molar-refractivity contribution is 7.99. The van der Waals surface area contributed by atoms with Gasteiger partial charge in [-0.1, -0.05) is 11.8 Å². The van der Waals surface area contributed by atoms with Gasteiger partial charge in [0.2, 0.25) is 5.91 Å². The summed E-state index contributed by atoms with van der Waals surface area (Å²) >= 11 is 1.04. The number of nitro benzene ring substituents is 1. The van der Waals surface area contributed by atoms with Gasteiger partial charge in [0.25, 0.3) is 5.69 Å². The van der Waals surface area contributed by atoms with Crippen LogP contribution in [0.15, 0.2) is 29.6 Å². The zero-order valence-electron chi connectivity index (χ0n) is 14.0. The molecule has 11 heteroatoms. The summed E-state index contributed by atoms with van der Waals surface area (Å²) in [6.45, 7) is 1.93. The average Bonchev–Trinajstić information content (AvgIpc) is 3.09. The van der Waals surface area contributed by atoms with Crippen LogP contribution in [0.3, 0.4) is 0 Å². The summed E-state index contributed by atoms with van der Waals surface area (Å²) in [5.74, 6) is -0.743. The number of nitrogens with zero attached hydrogens (tertiary/aromatic N) is 2. The number of nitrogens with one attached hydrogen (secondary N) is 2. The van der Waals surface area contributed by atoms with Gasteiger partial charge in [-0.15, -0.1) is 0 Å². The second-order valence-corrected chi connectivity index (χ2v) is 5.76. The van der Waals surface area contributed by atoms with Crippen molar-refractivity contribution in [3.05, 3.63) is 40.2 Å². The fourth-order valence-electron chi connectivity index (χ4n) is 1.90. The molecule has 0 aliphatic heterocycles. The Morgan fingerprint density at radius 3 is 2.85 bits per heavy atom. The van der Waals surface area contributed by atoms with Gasteiger partial charge in [-0.05, 0) is 19.1 Å². The van der Waals surface area contributed by atoms with E-state index >= 15 is 0 Å². The van der Waals surface area contributed by atoms with Crippen molar-refractivity contribution in [2.24, 2.45) is 0 Å². The number of H-pyrrole nitrogens is 1. The van der Waals surface area contributed by atoms with Crippen LogP contribution in [0.5, 0.6) is 5.75 Å². The van der Waals surface area contributed by atoms with Crippen LogP contribution in [-0.4, -0.2) is 46.2 Å². The molecule has 0 fully saturated rings. The fraction of sp³-hybridized carbons (Fsp3) is 0.267. The number of thioether (sulfide) groups is 1. The van der Waals surface area contributed by atoms with E-state index in [2.05, 4.69) is 15.3 Å². The maximum atomic E-state index is 12.0. The molecule has 2 rings (SSSR count). The Morgan fingerprint density at radius 2 is 2.19 bits per heavy atom. The molecule has 138 valence electrons. The van der Waals surface area contributed by atoms with E-state index < -0.39 is 16.8 Å². The molecule has 0 aliphatic carbocycles. The Balaban J connectivity index is 1.97. The fourth-order valence-corrected chi connectivity index (χ4v) is 2.55. The molecule has 0 atom stereocenters. The zero-order valence-corrected chi connectivity index (χ0v) is 14.8. The lowest BCUT2D eigenvalue weighted by Gasteiger charge is -2.07. The number of ether oxygens (including phenoxy) is 2. The second kappa shape index (κ2) is 8.85. The Hall–Kier alpha value is -3.08. The van der Waals surface area contributed by atoms with Crippen molar-refractivity contribution in [3.8, 4) is 5.75 Å². The molecular weight excluding hydrogens is 364 g/mol. The minimum Gasteiger partial charge on any atom is -0.496 e. The summed E-state index contributed by atoms with van der Waals surface area (Å²) in [5.41, 5.74) is -0.0288. The Bertz CT molecular complexity index is 822. The minimum absolute atomic E-state index is 0.0566. The number of hydrogen-bond acceptors (Lipinski definition) is 8. The molecular formula is C15H16N4O6S. The Morgan fingerprint density at radius 1 is 1.42 bits per heavy atom. The molecule has 1 amide bonds. The smallest absolute Gasteiger partial charge is 0.356 e. The van der Waals surface area contributed by atoms with Crippen LogP contribution >= 0.6 is 11.8 Å². The summed E-state index contributed by atoms with van der Waals surface area (Å²) in [4.78, 5) is 40.8. The van der Waals surface area contributed by atoms with Gasteiger partial charge >= 0.3 is 5.97 Å². The van der Waals surface area contributed by atoms with E-state index in [9.17, 15) is 19.7 Å². The molecule has 0 saturated carbocycles. The van der Waals surface area contributed by atoms with Gasteiger partial charge in [0, 0.05) is 0 Å². The molecule has 1 heterocycles. The van der Waals surface area contributed by atoms with Crippen molar-refractivity contribution in [1.82, 2.24) is 9.97 Å². The number of benzene rings is 1. The predicted octanol–water partition coefficient (Wildman–Crippen LogP) is 2.23. The van der Waals surface area contributed by atoms with Crippen LogP contribution in [-0.2, 0) is 9.53 Å². The van der Waals surface area contributed by atoms with Crippen molar-refractivity contribution in [2.45, 2.75) is 12.1 Å². The van der Waals surface area contributed by atoms with Crippen molar-refractivity contribution < 1.29 is 24.0 Å². The van der Waals surface area contributed by atoms with Crippen LogP contribution in [0.1, 0.15) is 17.4 Å². The van der Waals surface area contributed by atoms with Crippen LogP contribution in [0.2, 0.25) is 0 Å². The van der Waals surface area contributed by atoms with Crippen molar-refractivity contribution in [1.29, 1.82) is 0 Å². The second-order valence-electron chi connectivity index (χ2n) is 4.80. The van der Waals surface area contributed by atoms with E-state index in [1.165, 1.54) is 31.5 Å². The number of aromatic nitrogens is 2. The van der Waals surface area contributed by atoms with E-state index in [0.29, 0.717) is 10.9 Å². The van der Waals surface area contributed by atoms with Gasteiger partial charge in [0.05, 0.1) is 36.7 Å². The van der Waals surface area contributed by atoms with Gasteiger partial charge in [-0.2, -0.15) is 0 Å². The van der Waals surface area contributed by atoms with Crippen molar-refractivity contribution in [2.75, 3.05) is 24.8 Å². The van der Waals surface area contributed by atoms with Gasteiger partial charge in [-0.3, -0.25) is 14.9 Å². The first-order chi connectivity index (χ1) is 12.4. The van der Waals surface area contributed by atoms with Gasteiger partial charge in [-0.25, -0.2) is 9.78 Å². The standard InChI is InChI=1S/C15H16N4O6S/c1-3-25-14(21)11-7-16-15(18-11)26-8-13(20)17-10-5-4-9(24-2)6-12(10)19(22)23/h4-7H,3,8H2,1-2H3,(H,16,18)(H,17,20). The maximum absolute atomic E-state index is 12.0. The molecule has 1 aromatic heterocycles. The number of anilines is 1. The molecule has 0 aliphatic rings. The number of amides is 1. The maximum Gasteiger partial charge on any atom is 0.356 e. The van der Waals surface area contributed by atoms with Crippen molar-refractivity contribution in [3.63, 3.8) is 0 Å². The molecule has 10 nitrogen and oxygen atoms in total. The number of carbonyl (C=O) groups is 2. The first-order valence-electron chi connectivity index (χ1n) is 7.41. The van der Waals surface area contributed by atoms with Crippen LogP contribution in [0.25, 0.3) is 0 Å². The quantitative estimate of drug-likeness (QED) is 0.308. The lowest BCUT2D eigenvalue weighted by molar-refractivity contribution is -0.384. The average molecular weight is 380 g/mol. The first kappa shape index (κ1) is 19.2. The summed E-state index contributed by atoms with van der Waals surface area (Å²) in [6, 6.07) is 4.13. The minimum atomic E-state index is -0.608. The monoisotopic (exact) mass is 380 g/mol. The largest absolute Gasteiger partial charge is 0.496 e. The van der Waals surface area contributed by atoms with Gasteiger partial charge < -0.3 is 19.8 Å². The number of hydrogen-bond donors (Lipinski definition) is 2. The Kier molecular flexibility index (Phi) is 6.55. The molecule has 0 bridgehead atoms. The van der Waals surface area contributed by atoms with Gasteiger partial charge in [0.1, 0.15) is 17.1 Å². The van der Waals surface area contributed by atoms with Crippen LogP contribution in [0, 0.1) is 10.1 Å². The van der Waals surface area contributed by atoms with E-state index in [0.717, 1.165) is 11.8 Å². The normalized spacial score (nSPS) is 10.2. The number of methoxy groups -OCH3 is 1. The SMILES string of the molecule is CCOC(=O)c1cnc(SCC(=O)Nc2ccc(OC)cc2[N+](=O)[O-])[nH]1. The number of rotatable bonds is 8. The molecule has 0 spiro atoms. The van der Waals surface area contributed by atoms with E-state index in [1.807, 2.05) is 0 Å². The van der Waals surface area contributed by atoms with Crippen LogP contribution < -0.4 is 10.1 Å². The zero-order chi connectivity index (χ0) is 19.1. The number of nitro groups is 1. The molecule has 1 aromatic carbocycles. The van der Waals surface area contributed by atoms with E-state index in [-0.39, 0.29) is 29.4 Å². The molecule has 0 saturated heterocycles. The molecule has 26 heavy (non-hydrogen) atoms. The summed E-state index contributed by atoms with van der Waals surface area (Å²) in [6.07, 6.45) is 1.31. The number of aromatic amines is 1. The van der Waals surface area contributed by atoms with Crippen molar-refractivity contribution >= 4 is 35.0 Å². The first-order valence-corrected chi connectivity index (χ1v) is 8.40. The molecule has 0 unspecified atom stereocenters. The predicted molar refractivity (Wildman–Crippen MR) is 93.5 cm³/mol. The molecule has 2 N–H and O–H groups in total.